The first-order chi connectivity index (χ1) is 9.17. The van der Waals surface area contributed by atoms with Gasteiger partial charge in [-0.05, 0) is 30.2 Å². The van der Waals surface area contributed by atoms with Crippen LogP contribution in [0.1, 0.15) is 50.6 Å². The molecule has 1 aliphatic carbocycles. The standard InChI is InChI=1S/C16H24N2O.ClH/c1-2-9-16(10-6-11-16)12-18-15(19)14(17)13-7-4-3-5-8-13;/h3-5,7-8,14H,2,6,9-12,17H2,1H3,(H,18,19);1H. The first kappa shape index (κ1) is 17.0. The van der Waals surface area contributed by atoms with E-state index in [2.05, 4.69) is 12.2 Å². The molecule has 20 heavy (non-hydrogen) atoms. The molecule has 0 bridgehead atoms. The van der Waals surface area contributed by atoms with Crippen LogP contribution in [0.5, 0.6) is 0 Å². The van der Waals surface area contributed by atoms with Gasteiger partial charge in [-0.2, -0.15) is 0 Å². The van der Waals surface area contributed by atoms with Gasteiger partial charge in [0.15, 0.2) is 0 Å². The van der Waals surface area contributed by atoms with Gasteiger partial charge in [0.25, 0.3) is 0 Å². The largest absolute Gasteiger partial charge is 0.354 e. The molecular weight excluding hydrogens is 272 g/mol. The highest BCUT2D eigenvalue weighted by Gasteiger charge is 2.36. The molecule has 0 heterocycles. The Bertz CT molecular complexity index is 418. The maximum atomic E-state index is 12.1. The van der Waals surface area contributed by atoms with E-state index >= 15 is 0 Å². The minimum absolute atomic E-state index is 0. The Labute approximate surface area is 127 Å². The van der Waals surface area contributed by atoms with Crippen LogP contribution in [0.4, 0.5) is 0 Å². The van der Waals surface area contributed by atoms with Gasteiger partial charge in [-0.15, -0.1) is 12.4 Å². The SMILES string of the molecule is CCCC1(CNC(=O)C(N)c2ccccc2)CCC1.Cl. The molecule has 1 aromatic carbocycles. The Morgan fingerprint density at radius 2 is 2.00 bits per heavy atom. The first-order valence-corrected chi connectivity index (χ1v) is 7.25. The maximum absolute atomic E-state index is 12.1. The van der Waals surface area contributed by atoms with Crippen molar-refractivity contribution in [2.75, 3.05) is 6.54 Å². The van der Waals surface area contributed by atoms with Gasteiger partial charge in [-0.25, -0.2) is 0 Å². The van der Waals surface area contributed by atoms with Crippen LogP contribution in [0.3, 0.4) is 0 Å². The van der Waals surface area contributed by atoms with Crippen molar-refractivity contribution in [3.63, 3.8) is 0 Å². The van der Waals surface area contributed by atoms with Crippen molar-refractivity contribution in [1.82, 2.24) is 5.32 Å². The van der Waals surface area contributed by atoms with Crippen LogP contribution in [0.25, 0.3) is 0 Å². The van der Waals surface area contributed by atoms with Gasteiger partial charge in [-0.3, -0.25) is 4.79 Å². The van der Waals surface area contributed by atoms with E-state index < -0.39 is 6.04 Å². The number of hydrogen-bond donors (Lipinski definition) is 2. The molecule has 4 heteroatoms. The average molecular weight is 297 g/mol. The van der Waals surface area contributed by atoms with Crippen molar-refractivity contribution in [1.29, 1.82) is 0 Å². The number of rotatable bonds is 6. The molecule has 1 atom stereocenters. The van der Waals surface area contributed by atoms with Crippen molar-refractivity contribution in [2.24, 2.45) is 11.1 Å². The Kier molecular flexibility index (Phi) is 6.50. The Balaban J connectivity index is 0.00000200. The van der Waals surface area contributed by atoms with Gasteiger partial charge in [0, 0.05) is 6.54 Å². The maximum Gasteiger partial charge on any atom is 0.241 e. The third kappa shape index (κ3) is 3.97. The Hall–Kier alpha value is -1.06. The summed E-state index contributed by atoms with van der Waals surface area (Å²) in [5, 5.41) is 3.04. The van der Waals surface area contributed by atoms with Crippen LogP contribution in [-0.2, 0) is 4.79 Å². The molecular formula is C16H25ClN2O. The van der Waals surface area contributed by atoms with Gasteiger partial charge in [0.2, 0.25) is 5.91 Å². The lowest BCUT2D eigenvalue weighted by atomic mass is 9.66. The highest BCUT2D eigenvalue weighted by molar-refractivity contribution is 5.85. The third-order valence-corrected chi connectivity index (χ3v) is 4.27. The summed E-state index contributed by atoms with van der Waals surface area (Å²) in [5.41, 5.74) is 7.21. The molecule has 3 N–H and O–H groups in total. The zero-order chi connectivity index (χ0) is 13.7. The molecule has 0 aliphatic heterocycles. The molecule has 0 spiro atoms. The Morgan fingerprint density at radius 3 is 2.50 bits per heavy atom. The van der Waals surface area contributed by atoms with E-state index in [0.29, 0.717) is 5.41 Å². The van der Waals surface area contributed by atoms with Crippen LogP contribution in [0, 0.1) is 5.41 Å². The number of halogens is 1. The molecule has 1 aromatic rings. The molecule has 1 saturated carbocycles. The average Bonchev–Trinajstić information content (AvgIpc) is 2.41. The topological polar surface area (TPSA) is 55.1 Å². The van der Waals surface area contributed by atoms with Crippen LogP contribution in [-0.4, -0.2) is 12.5 Å². The molecule has 1 aliphatic rings. The minimum Gasteiger partial charge on any atom is -0.354 e. The predicted molar refractivity (Wildman–Crippen MR) is 84.8 cm³/mol. The molecule has 3 nitrogen and oxygen atoms in total. The summed E-state index contributed by atoms with van der Waals surface area (Å²) in [4.78, 5) is 12.1. The van der Waals surface area contributed by atoms with E-state index in [-0.39, 0.29) is 18.3 Å². The van der Waals surface area contributed by atoms with E-state index in [1.54, 1.807) is 0 Å². The zero-order valence-electron chi connectivity index (χ0n) is 12.1. The number of nitrogens with two attached hydrogens (primary N) is 1. The van der Waals surface area contributed by atoms with Crippen LogP contribution in [0.2, 0.25) is 0 Å². The van der Waals surface area contributed by atoms with Gasteiger partial charge in [0.05, 0.1) is 0 Å². The summed E-state index contributed by atoms with van der Waals surface area (Å²) in [6, 6.07) is 8.99. The number of amides is 1. The lowest BCUT2D eigenvalue weighted by Crippen LogP contribution is -2.44. The van der Waals surface area contributed by atoms with E-state index in [0.717, 1.165) is 12.1 Å². The summed E-state index contributed by atoms with van der Waals surface area (Å²) >= 11 is 0. The lowest BCUT2D eigenvalue weighted by Gasteiger charge is -2.42. The fourth-order valence-electron chi connectivity index (χ4n) is 2.92. The van der Waals surface area contributed by atoms with Crippen molar-refractivity contribution >= 4 is 18.3 Å². The van der Waals surface area contributed by atoms with Crippen LogP contribution >= 0.6 is 12.4 Å². The smallest absolute Gasteiger partial charge is 0.241 e. The molecule has 0 saturated heterocycles. The van der Waals surface area contributed by atoms with E-state index in [9.17, 15) is 4.79 Å². The summed E-state index contributed by atoms with van der Waals surface area (Å²) in [5.74, 6) is -0.0615. The molecule has 1 unspecified atom stereocenters. The fourth-order valence-corrected chi connectivity index (χ4v) is 2.92. The predicted octanol–water partition coefficient (Wildman–Crippen LogP) is 3.19. The second kappa shape index (κ2) is 7.65. The van der Waals surface area contributed by atoms with Gasteiger partial charge in [0.1, 0.15) is 6.04 Å². The number of carbonyl (C=O) groups is 1. The Morgan fingerprint density at radius 1 is 1.35 bits per heavy atom. The third-order valence-electron chi connectivity index (χ3n) is 4.27. The second-order valence-electron chi connectivity index (χ2n) is 5.71. The monoisotopic (exact) mass is 296 g/mol. The van der Waals surface area contributed by atoms with Gasteiger partial charge < -0.3 is 11.1 Å². The summed E-state index contributed by atoms with van der Waals surface area (Å²) in [7, 11) is 0. The number of benzene rings is 1. The molecule has 0 aromatic heterocycles. The van der Waals surface area contributed by atoms with E-state index in [1.807, 2.05) is 30.3 Å². The fraction of sp³-hybridized carbons (Fsp3) is 0.562. The van der Waals surface area contributed by atoms with Gasteiger partial charge in [-0.1, -0.05) is 50.1 Å². The minimum atomic E-state index is -0.556. The zero-order valence-corrected chi connectivity index (χ0v) is 12.9. The van der Waals surface area contributed by atoms with Crippen molar-refractivity contribution in [2.45, 2.75) is 45.1 Å². The number of carbonyl (C=O) groups excluding carboxylic acids is 1. The van der Waals surface area contributed by atoms with E-state index in [1.165, 1.54) is 32.1 Å². The lowest BCUT2D eigenvalue weighted by molar-refractivity contribution is -0.123. The molecule has 0 radical (unpaired) electrons. The van der Waals surface area contributed by atoms with E-state index in [4.69, 9.17) is 5.73 Å². The summed E-state index contributed by atoms with van der Waals surface area (Å²) in [6.07, 6.45) is 6.15. The molecule has 112 valence electrons. The summed E-state index contributed by atoms with van der Waals surface area (Å²) in [6.45, 7) is 2.98. The highest BCUT2D eigenvalue weighted by atomic mass is 35.5. The molecule has 2 rings (SSSR count). The van der Waals surface area contributed by atoms with Gasteiger partial charge >= 0.3 is 0 Å². The number of nitrogens with one attached hydrogen (secondary N) is 1. The van der Waals surface area contributed by atoms with Crippen LogP contribution in [0.15, 0.2) is 30.3 Å². The summed E-state index contributed by atoms with van der Waals surface area (Å²) < 4.78 is 0. The molecule has 1 fully saturated rings. The van der Waals surface area contributed by atoms with Crippen molar-refractivity contribution in [3.8, 4) is 0 Å². The molecule has 1 amide bonds. The number of hydrogen-bond acceptors (Lipinski definition) is 2. The second-order valence-corrected chi connectivity index (χ2v) is 5.71. The normalized spacial score (nSPS) is 17.5. The highest BCUT2D eigenvalue weighted by Crippen LogP contribution is 2.44. The first-order valence-electron chi connectivity index (χ1n) is 7.25. The van der Waals surface area contributed by atoms with Crippen molar-refractivity contribution in [3.05, 3.63) is 35.9 Å². The quantitative estimate of drug-likeness (QED) is 0.847. The van der Waals surface area contributed by atoms with Crippen LogP contribution < -0.4 is 11.1 Å². The van der Waals surface area contributed by atoms with Crippen molar-refractivity contribution < 1.29 is 4.79 Å².